The van der Waals surface area contributed by atoms with Crippen molar-refractivity contribution in [3.63, 3.8) is 0 Å². The van der Waals surface area contributed by atoms with Crippen LogP contribution in [0.3, 0.4) is 0 Å². The molecule has 1 aromatic carbocycles. The summed E-state index contributed by atoms with van der Waals surface area (Å²) in [5, 5.41) is 0.820. The summed E-state index contributed by atoms with van der Waals surface area (Å²) in [6, 6.07) is 4.36. The Bertz CT molecular complexity index is 486. The topological polar surface area (TPSA) is 3.24 Å². The predicted molar refractivity (Wildman–Crippen MR) is 88.5 cm³/mol. The zero-order valence-electron chi connectivity index (χ0n) is 12.5. The van der Waals surface area contributed by atoms with Gasteiger partial charge in [-0.15, -0.1) is 0 Å². The number of benzene rings is 1. The summed E-state index contributed by atoms with van der Waals surface area (Å²) in [5.74, 6) is 0. The minimum atomic E-state index is 0.133. The van der Waals surface area contributed by atoms with Crippen LogP contribution in [-0.2, 0) is 5.41 Å². The van der Waals surface area contributed by atoms with Crippen molar-refractivity contribution in [2.24, 2.45) is 0 Å². The molecular formula is C16H23BrClN. The molecule has 0 fully saturated rings. The molecule has 1 heterocycles. The number of nitrogens with zero attached hydrogens (tertiary/aromatic N) is 1. The van der Waals surface area contributed by atoms with Crippen LogP contribution in [0, 0.1) is 0 Å². The molecule has 0 unspecified atom stereocenters. The van der Waals surface area contributed by atoms with E-state index in [1.54, 1.807) is 0 Å². The first-order valence-corrected chi connectivity index (χ1v) is 8.19. The zero-order chi connectivity index (χ0) is 14.4. The van der Waals surface area contributed by atoms with Crippen LogP contribution < -0.4 is 4.90 Å². The molecular weight excluding hydrogens is 322 g/mol. The lowest BCUT2D eigenvalue weighted by Gasteiger charge is -2.37. The van der Waals surface area contributed by atoms with Gasteiger partial charge in [0.1, 0.15) is 0 Å². The van der Waals surface area contributed by atoms with E-state index in [0.717, 1.165) is 28.9 Å². The van der Waals surface area contributed by atoms with Gasteiger partial charge in [0.25, 0.3) is 0 Å². The Hall–Kier alpha value is -0.210. The SMILES string of the molecule is CCC1(CC)CN(C(C)(C)C)c2cc(Br)c(Cl)cc21. The van der Waals surface area contributed by atoms with E-state index >= 15 is 0 Å². The van der Waals surface area contributed by atoms with Gasteiger partial charge in [-0.2, -0.15) is 0 Å². The largest absolute Gasteiger partial charge is 0.366 e. The molecule has 0 N–H and O–H groups in total. The van der Waals surface area contributed by atoms with E-state index in [1.165, 1.54) is 11.3 Å². The van der Waals surface area contributed by atoms with Crippen molar-refractivity contribution >= 4 is 33.2 Å². The van der Waals surface area contributed by atoms with Gasteiger partial charge in [-0.25, -0.2) is 0 Å². The molecule has 0 saturated heterocycles. The molecule has 0 aliphatic carbocycles. The Balaban J connectivity index is 2.65. The predicted octanol–water partition coefficient (Wildman–Crippen LogP) is 5.78. The number of hydrogen-bond acceptors (Lipinski definition) is 1. The average Bonchev–Trinajstić information content (AvgIpc) is 2.65. The summed E-state index contributed by atoms with van der Waals surface area (Å²) >= 11 is 9.90. The molecule has 0 spiro atoms. The lowest BCUT2D eigenvalue weighted by Crippen LogP contribution is -2.44. The summed E-state index contributed by atoms with van der Waals surface area (Å²) < 4.78 is 0.991. The standard InChI is InChI=1S/C16H23BrClN/c1-6-16(7-2)10-19(15(3,4)5)14-9-12(17)13(18)8-11(14)16/h8-9H,6-7,10H2,1-5H3. The second-order valence-electron chi connectivity index (χ2n) is 6.53. The third kappa shape index (κ3) is 2.42. The zero-order valence-corrected chi connectivity index (χ0v) is 14.8. The molecule has 0 atom stereocenters. The molecule has 1 aromatic rings. The minimum absolute atomic E-state index is 0.133. The first-order valence-electron chi connectivity index (χ1n) is 7.02. The van der Waals surface area contributed by atoms with Gasteiger partial charge in [0.05, 0.1) is 5.02 Å². The van der Waals surface area contributed by atoms with Gasteiger partial charge in [-0.1, -0.05) is 25.4 Å². The molecule has 0 aromatic heterocycles. The van der Waals surface area contributed by atoms with Gasteiger partial charge < -0.3 is 4.90 Å². The van der Waals surface area contributed by atoms with Crippen LogP contribution in [0.2, 0.25) is 5.02 Å². The Morgan fingerprint density at radius 3 is 2.32 bits per heavy atom. The fourth-order valence-corrected chi connectivity index (χ4v) is 3.61. The second kappa shape index (κ2) is 4.96. The summed E-state index contributed by atoms with van der Waals surface area (Å²) in [7, 11) is 0. The van der Waals surface area contributed by atoms with Gasteiger partial charge in [0.15, 0.2) is 0 Å². The molecule has 1 aliphatic rings. The van der Waals surface area contributed by atoms with E-state index in [0.29, 0.717) is 0 Å². The van der Waals surface area contributed by atoms with Crippen LogP contribution in [0.5, 0.6) is 0 Å². The van der Waals surface area contributed by atoms with Crippen molar-refractivity contribution < 1.29 is 0 Å². The van der Waals surface area contributed by atoms with Crippen LogP contribution in [0.4, 0.5) is 5.69 Å². The number of anilines is 1. The Morgan fingerprint density at radius 1 is 1.26 bits per heavy atom. The summed E-state index contributed by atoms with van der Waals surface area (Å²) in [6.07, 6.45) is 2.31. The lowest BCUT2D eigenvalue weighted by molar-refractivity contribution is 0.387. The van der Waals surface area contributed by atoms with Crippen molar-refractivity contribution in [2.45, 2.75) is 58.4 Å². The van der Waals surface area contributed by atoms with Crippen LogP contribution in [0.1, 0.15) is 53.0 Å². The smallest absolute Gasteiger partial charge is 0.0552 e. The van der Waals surface area contributed by atoms with E-state index in [-0.39, 0.29) is 11.0 Å². The molecule has 0 amide bonds. The minimum Gasteiger partial charge on any atom is -0.366 e. The van der Waals surface area contributed by atoms with Crippen molar-refractivity contribution in [3.8, 4) is 0 Å². The normalized spacial score (nSPS) is 17.7. The molecule has 2 rings (SSSR count). The fraction of sp³-hybridized carbons (Fsp3) is 0.625. The van der Waals surface area contributed by atoms with Gasteiger partial charge in [-0.3, -0.25) is 0 Å². The van der Waals surface area contributed by atoms with Gasteiger partial charge in [0, 0.05) is 27.7 Å². The van der Waals surface area contributed by atoms with Crippen molar-refractivity contribution in [2.75, 3.05) is 11.4 Å². The van der Waals surface area contributed by atoms with Gasteiger partial charge >= 0.3 is 0 Å². The Morgan fingerprint density at radius 2 is 1.84 bits per heavy atom. The average molecular weight is 345 g/mol. The number of fused-ring (bicyclic) bond motifs is 1. The number of hydrogen-bond donors (Lipinski definition) is 0. The summed E-state index contributed by atoms with van der Waals surface area (Å²) in [6.45, 7) is 12.5. The number of rotatable bonds is 2. The van der Waals surface area contributed by atoms with Crippen LogP contribution in [0.25, 0.3) is 0 Å². The highest BCUT2D eigenvalue weighted by molar-refractivity contribution is 9.10. The Labute approximate surface area is 130 Å². The maximum Gasteiger partial charge on any atom is 0.0552 e. The van der Waals surface area contributed by atoms with Gasteiger partial charge in [-0.05, 0) is 67.2 Å². The van der Waals surface area contributed by atoms with Crippen LogP contribution in [0.15, 0.2) is 16.6 Å². The first kappa shape index (κ1) is 15.2. The van der Waals surface area contributed by atoms with Crippen molar-refractivity contribution in [1.82, 2.24) is 0 Å². The first-order chi connectivity index (χ1) is 8.75. The van der Waals surface area contributed by atoms with Crippen molar-refractivity contribution in [3.05, 3.63) is 27.2 Å². The lowest BCUT2D eigenvalue weighted by atomic mass is 9.77. The molecule has 106 valence electrons. The van der Waals surface area contributed by atoms with E-state index < -0.39 is 0 Å². The molecule has 1 nitrogen and oxygen atoms in total. The monoisotopic (exact) mass is 343 g/mol. The third-order valence-corrected chi connectivity index (χ3v) is 5.72. The third-order valence-electron chi connectivity index (χ3n) is 4.52. The fourth-order valence-electron chi connectivity index (χ4n) is 3.11. The van der Waals surface area contributed by atoms with E-state index in [2.05, 4.69) is 67.6 Å². The maximum atomic E-state index is 6.33. The van der Waals surface area contributed by atoms with Crippen molar-refractivity contribution in [1.29, 1.82) is 0 Å². The molecule has 0 bridgehead atoms. The number of halogens is 2. The Kier molecular flexibility index (Phi) is 3.97. The second-order valence-corrected chi connectivity index (χ2v) is 7.79. The maximum absolute atomic E-state index is 6.33. The highest BCUT2D eigenvalue weighted by Crippen LogP contribution is 2.49. The molecule has 19 heavy (non-hydrogen) atoms. The molecule has 3 heteroatoms. The van der Waals surface area contributed by atoms with E-state index in [4.69, 9.17) is 11.6 Å². The van der Waals surface area contributed by atoms with E-state index in [9.17, 15) is 0 Å². The van der Waals surface area contributed by atoms with Crippen LogP contribution >= 0.6 is 27.5 Å². The summed E-state index contributed by atoms with van der Waals surface area (Å²) in [5.41, 5.74) is 3.13. The summed E-state index contributed by atoms with van der Waals surface area (Å²) in [4.78, 5) is 2.52. The highest BCUT2D eigenvalue weighted by atomic mass is 79.9. The quantitative estimate of drug-likeness (QED) is 0.657. The molecule has 0 radical (unpaired) electrons. The molecule has 0 saturated carbocycles. The highest BCUT2D eigenvalue weighted by Gasteiger charge is 2.43. The van der Waals surface area contributed by atoms with Gasteiger partial charge in [0.2, 0.25) is 0 Å². The van der Waals surface area contributed by atoms with Crippen LogP contribution in [-0.4, -0.2) is 12.1 Å². The van der Waals surface area contributed by atoms with E-state index in [1.807, 2.05) is 0 Å². The molecule has 1 aliphatic heterocycles.